The number of rotatable bonds is 2. The van der Waals surface area contributed by atoms with E-state index in [9.17, 15) is 0 Å². The second-order valence-corrected chi connectivity index (χ2v) is 2.28. The van der Waals surface area contributed by atoms with E-state index in [1.165, 1.54) is 0 Å². The molecule has 1 aliphatic rings. The first kappa shape index (κ1) is 6.99. The third-order valence-electron chi connectivity index (χ3n) is 1.64. The Morgan fingerprint density at radius 1 is 1.78 bits per heavy atom. The van der Waals surface area contributed by atoms with Gasteiger partial charge in [0.1, 0.15) is 0 Å². The summed E-state index contributed by atoms with van der Waals surface area (Å²) in [6, 6.07) is 0. The Balaban J connectivity index is 2.20. The van der Waals surface area contributed by atoms with Crippen LogP contribution in [0, 0.1) is 0 Å². The first-order valence-corrected chi connectivity index (χ1v) is 3.21. The SMILES string of the molecule is CO[C@H]1CO[C@@H](CN)C1. The Kier molecular flexibility index (Phi) is 2.45. The van der Waals surface area contributed by atoms with Crippen molar-refractivity contribution in [3.63, 3.8) is 0 Å². The van der Waals surface area contributed by atoms with Gasteiger partial charge in [0.25, 0.3) is 0 Å². The predicted octanol–water partition coefficient (Wildman–Crippen LogP) is -0.251. The van der Waals surface area contributed by atoms with Gasteiger partial charge in [0.05, 0.1) is 18.8 Å². The minimum Gasteiger partial charge on any atom is -0.379 e. The normalized spacial score (nSPS) is 35.3. The molecular formula is C6H13NO2. The van der Waals surface area contributed by atoms with E-state index < -0.39 is 0 Å². The molecule has 0 radical (unpaired) electrons. The standard InChI is InChI=1S/C6H13NO2/c1-8-6-2-5(3-7)9-4-6/h5-6H,2-4,7H2,1H3/t5-,6-/m1/s1. The molecule has 2 N–H and O–H groups in total. The lowest BCUT2D eigenvalue weighted by Gasteiger charge is -2.03. The molecule has 0 aromatic rings. The number of methoxy groups -OCH3 is 1. The third kappa shape index (κ3) is 1.64. The lowest BCUT2D eigenvalue weighted by molar-refractivity contribution is 0.0689. The number of hydrogen-bond acceptors (Lipinski definition) is 3. The molecule has 9 heavy (non-hydrogen) atoms. The van der Waals surface area contributed by atoms with Crippen LogP contribution in [0.25, 0.3) is 0 Å². The molecule has 1 rings (SSSR count). The van der Waals surface area contributed by atoms with Gasteiger partial charge < -0.3 is 15.2 Å². The highest BCUT2D eigenvalue weighted by Gasteiger charge is 2.23. The molecule has 0 aromatic heterocycles. The molecule has 0 amide bonds. The summed E-state index contributed by atoms with van der Waals surface area (Å²) in [5.41, 5.74) is 5.37. The minimum absolute atomic E-state index is 0.231. The van der Waals surface area contributed by atoms with E-state index in [1.54, 1.807) is 7.11 Å². The Morgan fingerprint density at radius 3 is 2.89 bits per heavy atom. The van der Waals surface area contributed by atoms with Crippen molar-refractivity contribution in [2.24, 2.45) is 5.73 Å². The second kappa shape index (κ2) is 3.15. The molecule has 1 saturated heterocycles. The molecule has 1 fully saturated rings. The average Bonchev–Trinajstić information content (AvgIpc) is 2.34. The molecular weight excluding hydrogens is 118 g/mol. The molecule has 1 aliphatic heterocycles. The summed E-state index contributed by atoms with van der Waals surface area (Å²) in [7, 11) is 1.70. The van der Waals surface area contributed by atoms with Crippen LogP contribution < -0.4 is 5.73 Å². The van der Waals surface area contributed by atoms with Gasteiger partial charge in [-0.05, 0) is 0 Å². The molecule has 2 atom stereocenters. The quantitative estimate of drug-likeness (QED) is 0.562. The first-order valence-electron chi connectivity index (χ1n) is 3.21. The van der Waals surface area contributed by atoms with Crippen molar-refractivity contribution in [1.82, 2.24) is 0 Å². The highest BCUT2D eigenvalue weighted by Crippen LogP contribution is 2.13. The lowest BCUT2D eigenvalue weighted by Crippen LogP contribution is -2.19. The zero-order valence-corrected chi connectivity index (χ0v) is 5.67. The maximum atomic E-state index is 5.37. The summed E-state index contributed by atoms with van der Waals surface area (Å²) >= 11 is 0. The lowest BCUT2D eigenvalue weighted by atomic mass is 10.2. The van der Waals surface area contributed by atoms with Crippen LogP contribution in [-0.4, -0.2) is 32.5 Å². The van der Waals surface area contributed by atoms with Gasteiger partial charge in [-0.3, -0.25) is 0 Å². The van der Waals surface area contributed by atoms with E-state index in [0.29, 0.717) is 13.2 Å². The van der Waals surface area contributed by atoms with Crippen molar-refractivity contribution in [3.8, 4) is 0 Å². The maximum absolute atomic E-state index is 5.37. The number of nitrogens with two attached hydrogens (primary N) is 1. The molecule has 0 aliphatic carbocycles. The molecule has 1 heterocycles. The van der Waals surface area contributed by atoms with Crippen LogP contribution in [0.4, 0.5) is 0 Å². The number of ether oxygens (including phenoxy) is 2. The molecule has 54 valence electrons. The molecule has 0 spiro atoms. The molecule has 0 unspecified atom stereocenters. The van der Waals surface area contributed by atoms with E-state index in [4.69, 9.17) is 15.2 Å². The van der Waals surface area contributed by atoms with Gasteiger partial charge in [-0.1, -0.05) is 0 Å². The van der Waals surface area contributed by atoms with Crippen LogP contribution in [-0.2, 0) is 9.47 Å². The molecule has 0 saturated carbocycles. The van der Waals surface area contributed by atoms with Gasteiger partial charge in [0, 0.05) is 20.1 Å². The summed E-state index contributed by atoms with van der Waals surface area (Å²) in [6.07, 6.45) is 1.46. The summed E-state index contributed by atoms with van der Waals surface area (Å²) in [6.45, 7) is 1.32. The first-order chi connectivity index (χ1) is 4.36. The Morgan fingerprint density at radius 2 is 2.56 bits per heavy atom. The minimum atomic E-state index is 0.231. The Bertz CT molecular complexity index is 77.1. The van der Waals surface area contributed by atoms with Crippen LogP contribution in [0.1, 0.15) is 6.42 Å². The largest absolute Gasteiger partial charge is 0.379 e. The fourth-order valence-electron chi connectivity index (χ4n) is 1.00. The molecule has 0 bridgehead atoms. The fourth-order valence-corrected chi connectivity index (χ4v) is 1.00. The van der Waals surface area contributed by atoms with Gasteiger partial charge >= 0.3 is 0 Å². The van der Waals surface area contributed by atoms with Crippen LogP contribution >= 0.6 is 0 Å². The second-order valence-electron chi connectivity index (χ2n) is 2.28. The Hall–Kier alpha value is -0.120. The van der Waals surface area contributed by atoms with Crippen molar-refractivity contribution in [2.75, 3.05) is 20.3 Å². The van der Waals surface area contributed by atoms with Gasteiger partial charge in [-0.15, -0.1) is 0 Å². The van der Waals surface area contributed by atoms with Crippen LogP contribution in [0.2, 0.25) is 0 Å². The van der Waals surface area contributed by atoms with Crippen LogP contribution in [0.15, 0.2) is 0 Å². The highest BCUT2D eigenvalue weighted by atomic mass is 16.5. The predicted molar refractivity (Wildman–Crippen MR) is 34.2 cm³/mol. The van der Waals surface area contributed by atoms with E-state index in [2.05, 4.69) is 0 Å². The zero-order valence-electron chi connectivity index (χ0n) is 5.67. The van der Waals surface area contributed by atoms with Gasteiger partial charge in [0.15, 0.2) is 0 Å². The van der Waals surface area contributed by atoms with Crippen molar-refractivity contribution < 1.29 is 9.47 Å². The Labute approximate surface area is 55.1 Å². The molecule has 0 aromatic carbocycles. The monoisotopic (exact) mass is 131 g/mol. The fraction of sp³-hybridized carbons (Fsp3) is 1.00. The van der Waals surface area contributed by atoms with Gasteiger partial charge in [0.2, 0.25) is 0 Å². The third-order valence-corrected chi connectivity index (χ3v) is 1.64. The summed E-state index contributed by atoms with van der Waals surface area (Å²) in [5.74, 6) is 0. The highest BCUT2D eigenvalue weighted by molar-refractivity contribution is 4.73. The topological polar surface area (TPSA) is 44.5 Å². The van der Waals surface area contributed by atoms with E-state index >= 15 is 0 Å². The van der Waals surface area contributed by atoms with Gasteiger partial charge in [-0.25, -0.2) is 0 Å². The van der Waals surface area contributed by atoms with Crippen LogP contribution in [0.3, 0.4) is 0 Å². The van der Waals surface area contributed by atoms with Crippen molar-refractivity contribution >= 4 is 0 Å². The van der Waals surface area contributed by atoms with E-state index in [1.807, 2.05) is 0 Å². The number of hydrogen-bond donors (Lipinski definition) is 1. The molecule has 3 heteroatoms. The zero-order chi connectivity index (χ0) is 6.69. The van der Waals surface area contributed by atoms with Crippen molar-refractivity contribution in [3.05, 3.63) is 0 Å². The van der Waals surface area contributed by atoms with E-state index in [0.717, 1.165) is 6.42 Å². The van der Waals surface area contributed by atoms with Crippen molar-refractivity contribution in [2.45, 2.75) is 18.6 Å². The average molecular weight is 131 g/mol. The maximum Gasteiger partial charge on any atom is 0.0830 e. The van der Waals surface area contributed by atoms with Gasteiger partial charge in [-0.2, -0.15) is 0 Å². The molecule has 3 nitrogen and oxygen atoms in total. The summed E-state index contributed by atoms with van der Waals surface area (Å²) < 4.78 is 10.3. The summed E-state index contributed by atoms with van der Waals surface area (Å²) in [5, 5.41) is 0. The summed E-state index contributed by atoms with van der Waals surface area (Å²) in [4.78, 5) is 0. The van der Waals surface area contributed by atoms with Crippen LogP contribution in [0.5, 0.6) is 0 Å². The van der Waals surface area contributed by atoms with Crippen molar-refractivity contribution in [1.29, 1.82) is 0 Å². The smallest absolute Gasteiger partial charge is 0.0830 e. The van der Waals surface area contributed by atoms with E-state index in [-0.39, 0.29) is 12.2 Å².